The molecule has 1 fully saturated rings. The van der Waals surface area contributed by atoms with Crippen LogP contribution in [-0.2, 0) is 14.3 Å². The van der Waals surface area contributed by atoms with E-state index in [0.29, 0.717) is 0 Å². The Balaban J connectivity index is 1.97. The van der Waals surface area contributed by atoms with Gasteiger partial charge in [-0.25, -0.2) is 4.79 Å². The smallest absolute Gasteiger partial charge is 0.335 e. The molecule has 0 aromatic heterocycles. The summed E-state index contributed by atoms with van der Waals surface area (Å²) >= 11 is 0. The third-order valence-electron chi connectivity index (χ3n) is 4.05. The highest BCUT2D eigenvalue weighted by atomic mass is 16.7. The number of carbonyl (C=O) groups is 1. The van der Waals surface area contributed by atoms with E-state index in [1.807, 2.05) is 32.0 Å². The Kier molecular flexibility index (Phi) is 6.36. The van der Waals surface area contributed by atoms with Gasteiger partial charge in [0.25, 0.3) is 0 Å². The minimum atomic E-state index is -1.74. The van der Waals surface area contributed by atoms with Crippen LogP contribution in [0.25, 0.3) is 0 Å². The molecule has 0 bridgehead atoms. The lowest BCUT2D eigenvalue weighted by molar-refractivity contribution is -0.304. The second-order valence-electron chi connectivity index (χ2n) is 6.21. The molecular weight excluding hydrogens is 332 g/mol. The number of para-hydroxylation sites is 1. The van der Waals surface area contributed by atoms with Crippen molar-refractivity contribution in [2.24, 2.45) is 0 Å². The first kappa shape index (κ1) is 19.6. The van der Waals surface area contributed by atoms with Gasteiger partial charge in [0.15, 0.2) is 12.4 Å². The molecule has 0 radical (unpaired) electrons. The van der Waals surface area contributed by atoms with E-state index < -0.39 is 42.8 Å². The molecule has 0 saturated carbocycles. The van der Waals surface area contributed by atoms with E-state index in [-0.39, 0.29) is 6.61 Å². The summed E-state index contributed by atoms with van der Waals surface area (Å²) in [6, 6.07) is 5.75. The second-order valence-corrected chi connectivity index (χ2v) is 6.21. The second kappa shape index (κ2) is 8.11. The monoisotopic (exact) mass is 356 g/mol. The molecule has 140 valence electrons. The molecule has 1 unspecified atom stereocenters. The molecule has 1 saturated heterocycles. The van der Waals surface area contributed by atoms with E-state index in [0.717, 1.165) is 16.9 Å². The fraction of sp³-hybridized carbons (Fsp3) is 0.588. The predicted molar refractivity (Wildman–Crippen MR) is 86.3 cm³/mol. The zero-order valence-corrected chi connectivity index (χ0v) is 14.3. The number of aliphatic hydroxyl groups excluding tert-OH is 3. The van der Waals surface area contributed by atoms with E-state index >= 15 is 0 Å². The lowest BCUT2D eigenvalue weighted by Gasteiger charge is -2.39. The Morgan fingerprint density at radius 3 is 2.32 bits per heavy atom. The zero-order valence-electron chi connectivity index (χ0n) is 14.3. The number of hydrogen-bond donors (Lipinski definition) is 4. The molecule has 1 aliphatic heterocycles. The van der Waals surface area contributed by atoms with Gasteiger partial charge in [-0.3, -0.25) is 0 Å². The van der Waals surface area contributed by atoms with Crippen molar-refractivity contribution in [2.75, 3.05) is 6.61 Å². The Labute approximate surface area is 145 Å². The van der Waals surface area contributed by atoms with E-state index in [2.05, 4.69) is 0 Å². The fourth-order valence-corrected chi connectivity index (χ4v) is 2.66. The van der Waals surface area contributed by atoms with Gasteiger partial charge in [-0.15, -0.1) is 0 Å². The van der Waals surface area contributed by atoms with Crippen molar-refractivity contribution in [3.05, 3.63) is 29.3 Å². The SMILES string of the molecule is Cc1cccc(C)c1OCC(C)O[C@@H]1O[C@H](C(=O)O)[C@@H](O)[C@H](O)[C@H]1O. The number of aliphatic hydroxyl groups is 3. The van der Waals surface area contributed by atoms with Crippen LogP contribution in [0.1, 0.15) is 18.1 Å². The van der Waals surface area contributed by atoms with Gasteiger partial charge in [0.1, 0.15) is 30.7 Å². The lowest BCUT2D eigenvalue weighted by atomic mass is 9.99. The maximum atomic E-state index is 11.1. The maximum Gasteiger partial charge on any atom is 0.335 e. The highest BCUT2D eigenvalue weighted by molar-refractivity contribution is 5.73. The van der Waals surface area contributed by atoms with Crippen molar-refractivity contribution >= 4 is 5.97 Å². The fourth-order valence-electron chi connectivity index (χ4n) is 2.66. The summed E-state index contributed by atoms with van der Waals surface area (Å²) in [7, 11) is 0. The minimum absolute atomic E-state index is 0.134. The van der Waals surface area contributed by atoms with Crippen LogP contribution in [0.2, 0.25) is 0 Å². The number of hydrogen-bond acceptors (Lipinski definition) is 7. The van der Waals surface area contributed by atoms with E-state index in [1.165, 1.54) is 0 Å². The van der Waals surface area contributed by atoms with Gasteiger partial charge >= 0.3 is 5.97 Å². The summed E-state index contributed by atoms with van der Waals surface area (Å²) < 4.78 is 16.3. The van der Waals surface area contributed by atoms with E-state index in [1.54, 1.807) is 6.92 Å². The van der Waals surface area contributed by atoms with E-state index in [4.69, 9.17) is 19.3 Å². The molecule has 0 amide bonds. The van der Waals surface area contributed by atoms with Crippen molar-refractivity contribution in [2.45, 2.75) is 57.6 Å². The summed E-state index contributed by atoms with van der Waals surface area (Å²) in [6.07, 6.45) is -8.64. The van der Waals surface area contributed by atoms with Crippen molar-refractivity contribution in [3.63, 3.8) is 0 Å². The van der Waals surface area contributed by atoms with Crippen molar-refractivity contribution in [1.29, 1.82) is 0 Å². The van der Waals surface area contributed by atoms with Crippen molar-refractivity contribution in [3.8, 4) is 5.75 Å². The summed E-state index contributed by atoms with van der Waals surface area (Å²) in [5, 5.41) is 38.4. The van der Waals surface area contributed by atoms with Gasteiger partial charge in [-0.2, -0.15) is 0 Å². The average molecular weight is 356 g/mol. The molecule has 1 aromatic rings. The van der Waals surface area contributed by atoms with Gasteiger partial charge in [0, 0.05) is 0 Å². The molecule has 0 aliphatic carbocycles. The Hall–Kier alpha value is -1.71. The highest BCUT2D eigenvalue weighted by Gasteiger charge is 2.47. The Morgan fingerprint density at radius 1 is 1.16 bits per heavy atom. The quantitative estimate of drug-likeness (QED) is 0.560. The van der Waals surface area contributed by atoms with Crippen LogP contribution in [0.4, 0.5) is 0 Å². The summed E-state index contributed by atoms with van der Waals surface area (Å²) in [5.41, 5.74) is 1.93. The van der Waals surface area contributed by atoms with Crippen LogP contribution in [0.15, 0.2) is 18.2 Å². The number of rotatable bonds is 6. The Bertz CT molecular complexity index is 584. The number of aryl methyl sites for hydroxylation is 2. The van der Waals surface area contributed by atoms with E-state index in [9.17, 15) is 20.1 Å². The minimum Gasteiger partial charge on any atom is -0.490 e. The molecule has 8 heteroatoms. The number of ether oxygens (including phenoxy) is 3. The molecule has 8 nitrogen and oxygen atoms in total. The van der Waals surface area contributed by atoms with Crippen molar-refractivity contribution < 1.29 is 39.4 Å². The molecule has 6 atom stereocenters. The number of carboxylic acids is 1. The van der Waals surface area contributed by atoms with Gasteiger partial charge < -0.3 is 34.6 Å². The van der Waals surface area contributed by atoms with Crippen LogP contribution < -0.4 is 4.74 Å². The summed E-state index contributed by atoms with van der Waals surface area (Å²) in [4.78, 5) is 11.1. The summed E-state index contributed by atoms with van der Waals surface area (Å²) in [6.45, 7) is 5.62. The topological polar surface area (TPSA) is 126 Å². The first-order valence-electron chi connectivity index (χ1n) is 7.99. The normalized spacial score (nSPS) is 30.7. The summed E-state index contributed by atoms with van der Waals surface area (Å²) in [5.74, 6) is -0.728. The average Bonchev–Trinajstić information content (AvgIpc) is 2.54. The van der Waals surface area contributed by atoms with Crippen LogP contribution >= 0.6 is 0 Å². The van der Waals surface area contributed by atoms with Gasteiger partial charge in [-0.05, 0) is 31.9 Å². The van der Waals surface area contributed by atoms with Crippen LogP contribution in [-0.4, -0.2) is 69.8 Å². The molecule has 0 spiro atoms. The molecular formula is C17H24O8. The zero-order chi connectivity index (χ0) is 18.7. The molecule has 1 aliphatic rings. The highest BCUT2D eigenvalue weighted by Crippen LogP contribution is 2.25. The molecule has 25 heavy (non-hydrogen) atoms. The number of benzene rings is 1. The molecule has 1 heterocycles. The molecule has 2 rings (SSSR count). The third-order valence-corrected chi connectivity index (χ3v) is 4.05. The van der Waals surface area contributed by atoms with Crippen LogP contribution in [0.5, 0.6) is 5.75 Å². The maximum absolute atomic E-state index is 11.1. The number of aliphatic carboxylic acids is 1. The van der Waals surface area contributed by atoms with Crippen molar-refractivity contribution in [1.82, 2.24) is 0 Å². The Morgan fingerprint density at radius 2 is 1.76 bits per heavy atom. The standard InChI is InChI=1S/C17H24O8/c1-8-5-4-6-9(2)14(8)23-7-10(3)24-17-13(20)11(18)12(19)15(25-17)16(21)22/h4-6,10-13,15,17-20H,7H2,1-3H3,(H,21,22)/t10?,11-,12-,13+,15-,17+/m0/s1. The molecule has 4 N–H and O–H groups in total. The first-order chi connectivity index (χ1) is 11.7. The predicted octanol–water partition coefficient (Wildman–Crippen LogP) is -0.0205. The number of carboxylic acid groups (broad SMARTS) is 1. The lowest BCUT2D eigenvalue weighted by Crippen LogP contribution is -2.60. The largest absolute Gasteiger partial charge is 0.490 e. The third kappa shape index (κ3) is 4.47. The first-order valence-corrected chi connectivity index (χ1v) is 7.99. The van der Waals surface area contributed by atoms with Gasteiger partial charge in [-0.1, -0.05) is 18.2 Å². The van der Waals surface area contributed by atoms with Gasteiger partial charge in [0.05, 0.1) is 6.10 Å². The van der Waals surface area contributed by atoms with Gasteiger partial charge in [0.2, 0.25) is 0 Å². The molecule has 1 aromatic carbocycles. The van der Waals surface area contributed by atoms with Crippen LogP contribution in [0.3, 0.4) is 0 Å². The van der Waals surface area contributed by atoms with Crippen LogP contribution in [0, 0.1) is 13.8 Å².